The molecule has 0 bridgehead atoms. The summed E-state index contributed by atoms with van der Waals surface area (Å²) in [6.45, 7) is 0.984. The van der Waals surface area contributed by atoms with Crippen molar-refractivity contribution in [1.82, 2.24) is 4.98 Å². The van der Waals surface area contributed by atoms with E-state index in [9.17, 15) is 8.42 Å². The molecule has 16 heavy (non-hydrogen) atoms. The molecule has 0 aliphatic rings. The maximum Gasteiger partial charge on any atom is 0.237 e. The topological polar surface area (TPSA) is 88.5 Å². The molecule has 1 heterocycles. The lowest BCUT2D eigenvalue weighted by atomic mass is 10.4. The second-order valence-corrected chi connectivity index (χ2v) is 5.33. The van der Waals surface area contributed by atoms with Crippen molar-refractivity contribution in [3.63, 3.8) is 0 Å². The highest BCUT2D eigenvalue weighted by molar-refractivity contribution is 7.93. The van der Waals surface area contributed by atoms with Gasteiger partial charge in [0.25, 0.3) is 0 Å². The number of ether oxygens (including phenoxy) is 1. The molecule has 1 rings (SSSR count). The molecular formula is C9H14N2O4S. The molecule has 0 aromatic carbocycles. The third kappa shape index (κ3) is 3.07. The Balaban J connectivity index is 2.80. The number of anilines is 1. The van der Waals surface area contributed by atoms with Crippen LogP contribution in [0.2, 0.25) is 0 Å². The number of methoxy groups -OCH3 is 1. The Kier molecular flexibility index (Phi) is 4.08. The van der Waals surface area contributed by atoms with Crippen molar-refractivity contribution in [3.8, 4) is 5.88 Å². The summed E-state index contributed by atoms with van der Waals surface area (Å²) in [5.41, 5.74) is 0.334. The predicted molar refractivity (Wildman–Crippen MR) is 59.9 cm³/mol. The van der Waals surface area contributed by atoms with Crippen LogP contribution in [-0.4, -0.2) is 37.5 Å². The highest BCUT2D eigenvalue weighted by Crippen LogP contribution is 2.14. The Hall–Kier alpha value is -1.34. The first kappa shape index (κ1) is 12.7. The van der Waals surface area contributed by atoms with E-state index in [1.54, 1.807) is 6.07 Å². The number of aliphatic hydroxyl groups is 1. The van der Waals surface area contributed by atoms with Gasteiger partial charge in [0.1, 0.15) is 5.25 Å². The van der Waals surface area contributed by atoms with Crippen molar-refractivity contribution in [2.45, 2.75) is 12.2 Å². The quantitative estimate of drug-likeness (QED) is 0.775. The molecule has 1 aromatic rings. The molecule has 0 spiro atoms. The van der Waals surface area contributed by atoms with E-state index in [-0.39, 0.29) is 0 Å². The standard InChI is InChI=1S/C9H14N2O4S/c1-7(6-12)16(13,14)11-8-3-4-9(15-2)10-5-8/h3-5,7,11-12H,6H2,1-2H3. The number of pyridine rings is 1. The molecular weight excluding hydrogens is 232 g/mol. The fourth-order valence-electron chi connectivity index (χ4n) is 0.924. The zero-order chi connectivity index (χ0) is 12.2. The van der Waals surface area contributed by atoms with Gasteiger partial charge in [-0.05, 0) is 13.0 Å². The first-order valence-corrected chi connectivity index (χ1v) is 6.16. The van der Waals surface area contributed by atoms with Gasteiger partial charge in [0.05, 0.1) is 25.6 Å². The Morgan fingerprint density at radius 1 is 1.56 bits per heavy atom. The maximum absolute atomic E-state index is 11.6. The molecule has 0 amide bonds. The zero-order valence-electron chi connectivity index (χ0n) is 9.04. The summed E-state index contributed by atoms with van der Waals surface area (Å²) in [6.07, 6.45) is 1.35. The second-order valence-electron chi connectivity index (χ2n) is 3.23. The number of nitrogens with one attached hydrogen (secondary N) is 1. The predicted octanol–water partition coefficient (Wildman–Crippen LogP) is 0.213. The molecule has 6 nitrogen and oxygen atoms in total. The lowest BCUT2D eigenvalue weighted by Crippen LogP contribution is -2.28. The molecule has 1 unspecified atom stereocenters. The Labute approximate surface area is 94.3 Å². The first-order chi connectivity index (χ1) is 7.49. The number of hydrogen-bond acceptors (Lipinski definition) is 5. The van der Waals surface area contributed by atoms with Crippen LogP contribution >= 0.6 is 0 Å². The smallest absolute Gasteiger partial charge is 0.237 e. The zero-order valence-corrected chi connectivity index (χ0v) is 9.86. The van der Waals surface area contributed by atoms with Crippen LogP contribution in [0.3, 0.4) is 0 Å². The fourth-order valence-corrected chi connectivity index (χ4v) is 1.77. The molecule has 0 saturated carbocycles. The fraction of sp³-hybridized carbons (Fsp3) is 0.444. The van der Waals surface area contributed by atoms with Gasteiger partial charge in [-0.25, -0.2) is 13.4 Å². The number of hydrogen-bond donors (Lipinski definition) is 2. The van der Waals surface area contributed by atoms with Crippen LogP contribution in [-0.2, 0) is 10.0 Å². The van der Waals surface area contributed by atoms with Gasteiger partial charge in [0.2, 0.25) is 15.9 Å². The monoisotopic (exact) mass is 246 g/mol. The van der Waals surface area contributed by atoms with Gasteiger partial charge in [-0.2, -0.15) is 0 Å². The van der Waals surface area contributed by atoms with E-state index in [0.29, 0.717) is 11.6 Å². The molecule has 2 N–H and O–H groups in total. The van der Waals surface area contributed by atoms with Gasteiger partial charge in [0, 0.05) is 6.07 Å². The molecule has 1 atom stereocenters. The van der Waals surface area contributed by atoms with Crippen LogP contribution in [0.1, 0.15) is 6.92 Å². The Morgan fingerprint density at radius 3 is 2.69 bits per heavy atom. The van der Waals surface area contributed by atoms with E-state index in [1.165, 1.54) is 26.3 Å². The van der Waals surface area contributed by atoms with E-state index in [0.717, 1.165) is 0 Å². The summed E-state index contributed by atoms with van der Waals surface area (Å²) in [5.74, 6) is 0.401. The second kappa shape index (κ2) is 5.13. The van der Waals surface area contributed by atoms with Crippen LogP contribution in [0.5, 0.6) is 5.88 Å². The molecule has 90 valence electrons. The third-order valence-electron chi connectivity index (χ3n) is 1.99. The highest BCUT2D eigenvalue weighted by atomic mass is 32.2. The van der Waals surface area contributed by atoms with Gasteiger partial charge in [-0.15, -0.1) is 0 Å². The van der Waals surface area contributed by atoms with Crippen molar-refractivity contribution in [2.24, 2.45) is 0 Å². The summed E-state index contributed by atoms with van der Waals surface area (Å²) < 4.78 is 30.3. The van der Waals surface area contributed by atoms with E-state index in [2.05, 4.69) is 9.71 Å². The van der Waals surface area contributed by atoms with Crippen molar-refractivity contribution in [3.05, 3.63) is 18.3 Å². The minimum absolute atomic E-state index is 0.334. The number of nitrogens with zero attached hydrogens (tertiary/aromatic N) is 1. The normalized spacial score (nSPS) is 13.2. The van der Waals surface area contributed by atoms with E-state index < -0.39 is 21.9 Å². The molecule has 0 aliphatic carbocycles. The van der Waals surface area contributed by atoms with Crippen LogP contribution in [0.15, 0.2) is 18.3 Å². The highest BCUT2D eigenvalue weighted by Gasteiger charge is 2.19. The number of sulfonamides is 1. The van der Waals surface area contributed by atoms with Crippen molar-refractivity contribution in [1.29, 1.82) is 0 Å². The van der Waals surface area contributed by atoms with Gasteiger partial charge >= 0.3 is 0 Å². The van der Waals surface area contributed by atoms with Crippen LogP contribution in [0.25, 0.3) is 0 Å². The third-order valence-corrected chi connectivity index (χ3v) is 3.72. The Morgan fingerprint density at radius 2 is 2.25 bits per heavy atom. The summed E-state index contributed by atoms with van der Waals surface area (Å²) in [6, 6.07) is 3.08. The average molecular weight is 246 g/mol. The lowest BCUT2D eigenvalue weighted by molar-refractivity contribution is 0.296. The van der Waals surface area contributed by atoms with E-state index in [1.807, 2.05) is 0 Å². The van der Waals surface area contributed by atoms with Crippen molar-refractivity contribution >= 4 is 15.7 Å². The maximum atomic E-state index is 11.6. The van der Waals surface area contributed by atoms with Gasteiger partial charge in [0.15, 0.2) is 0 Å². The van der Waals surface area contributed by atoms with Crippen molar-refractivity contribution in [2.75, 3.05) is 18.4 Å². The molecule has 0 saturated heterocycles. The minimum atomic E-state index is -3.56. The average Bonchev–Trinajstić information content (AvgIpc) is 2.28. The Bertz CT molecular complexity index is 429. The minimum Gasteiger partial charge on any atom is -0.481 e. The van der Waals surface area contributed by atoms with Crippen LogP contribution < -0.4 is 9.46 Å². The summed E-state index contributed by atoms with van der Waals surface area (Å²) in [4.78, 5) is 3.85. The lowest BCUT2D eigenvalue weighted by Gasteiger charge is -2.12. The van der Waals surface area contributed by atoms with E-state index in [4.69, 9.17) is 9.84 Å². The first-order valence-electron chi connectivity index (χ1n) is 4.62. The summed E-state index contributed by atoms with van der Waals surface area (Å²) >= 11 is 0. The molecule has 7 heteroatoms. The summed E-state index contributed by atoms with van der Waals surface area (Å²) in [7, 11) is -2.09. The van der Waals surface area contributed by atoms with Gasteiger partial charge in [-0.3, -0.25) is 4.72 Å². The molecule has 0 radical (unpaired) electrons. The summed E-state index contributed by atoms with van der Waals surface area (Å²) in [5, 5.41) is 7.91. The molecule has 0 fully saturated rings. The van der Waals surface area contributed by atoms with Gasteiger partial charge < -0.3 is 9.84 Å². The van der Waals surface area contributed by atoms with Gasteiger partial charge in [-0.1, -0.05) is 0 Å². The largest absolute Gasteiger partial charge is 0.481 e. The van der Waals surface area contributed by atoms with E-state index >= 15 is 0 Å². The number of rotatable bonds is 5. The molecule has 1 aromatic heterocycles. The molecule has 0 aliphatic heterocycles. The number of aliphatic hydroxyl groups excluding tert-OH is 1. The van der Waals surface area contributed by atoms with Crippen LogP contribution in [0, 0.1) is 0 Å². The SMILES string of the molecule is COc1ccc(NS(=O)(=O)C(C)CO)cn1. The van der Waals surface area contributed by atoms with Crippen molar-refractivity contribution < 1.29 is 18.3 Å². The van der Waals surface area contributed by atoms with Crippen LogP contribution in [0.4, 0.5) is 5.69 Å². The number of aromatic nitrogens is 1.